The number of nitrogen functional groups attached to an aromatic ring is 1. The van der Waals surface area contributed by atoms with E-state index in [1.165, 1.54) is 7.11 Å². The second kappa shape index (κ2) is 4.25. The lowest BCUT2D eigenvalue weighted by molar-refractivity contribution is 0.0195. The van der Waals surface area contributed by atoms with Crippen molar-refractivity contribution in [1.29, 1.82) is 0 Å². The van der Waals surface area contributed by atoms with Crippen molar-refractivity contribution in [2.45, 2.75) is 13.0 Å². The molecule has 0 saturated heterocycles. The van der Waals surface area contributed by atoms with Gasteiger partial charge in [-0.25, -0.2) is 5.11 Å². The largest absolute Gasteiger partial charge is 0.398 e. The first-order valence-electron chi connectivity index (χ1n) is 4.16. The van der Waals surface area contributed by atoms with Gasteiger partial charge in [0.1, 0.15) is 12.7 Å². The molecule has 1 atom stereocenters. The summed E-state index contributed by atoms with van der Waals surface area (Å²) in [6.07, 6.45) is -0.429. The Morgan fingerprint density at radius 3 is 2.69 bits per heavy atom. The number of aryl methyl sites for hydroxylation is 1. The fourth-order valence-electron chi connectivity index (χ4n) is 1.41. The molecule has 3 heteroatoms. The maximum atomic E-state index is 10.8. The van der Waals surface area contributed by atoms with E-state index in [9.17, 15) is 5.11 Å². The molecule has 2 N–H and O–H groups in total. The molecule has 0 amide bonds. The first-order valence-corrected chi connectivity index (χ1v) is 4.16. The van der Waals surface area contributed by atoms with Crippen molar-refractivity contribution < 1.29 is 9.84 Å². The second-order valence-electron chi connectivity index (χ2n) is 2.97. The summed E-state index contributed by atoms with van der Waals surface area (Å²) >= 11 is 0. The molecule has 71 valence electrons. The van der Waals surface area contributed by atoms with Crippen LogP contribution in [0, 0.1) is 6.92 Å². The summed E-state index contributed by atoms with van der Waals surface area (Å²) in [4.78, 5) is 0. The first-order chi connectivity index (χ1) is 6.20. The Hall–Kier alpha value is -1.06. The van der Waals surface area contributed by atoms with Crippen molar-refractivity contribution in [2.75, 3.05) is 19.5 Å². The minimum Gasteiger partial charge on any atom is -0.398 e. The lowest BCUT2D eigenvalue weighted by Crippen LogP contribution is -2.10. The number of nitrogens with two attached hydrogens (primary N) is 1. The van der Waals surface area contributed by atoms with Gasteiger partial charge in [0, 0.05) is 18.4 Å². The SMILES string of the molecule is COC(C[O])c1c(C)cccc1N. The van der Waals surface area contributed by atoms with E-state index in [0.717, 1.165) is 11.1 Å². The van der Waals surface area contributed by atoms with Crippen molar-refractivity contribution in [2.24, 2.45) is 0 Å². The molecule has 0 fully saturated rings. The van der Waals surface area contributed by atoms with E-state index < -0.39 is 6.10 Å². The number of ether oxygens (including phenoxy) is 1. The average molecular weight is 180 g/mol. The monoisotopic (exact) mass is 180 g/mol. The predicted molar refractivity (Wildman–Crippen MR) is 50.9 cm³/mol. The smallest absolute Gasteiger partial charge is 0.113 e. The summed E-state index contributed by atoms with van der Waals surface area (Å²) < 4.78 is 5.05. The van der Waals surface area contributed by atoms with Gasteiger partial charge in [-0.15, -0.1) is 0 Å². The molecule has 3 nitrogen and oxygen atoms in total. The number of rotatable bonds is 3. The quantitative estimate of drug-likeness (QED) is 0.720. The molecule has 0 bridgehead atoms. The minimum atomic E-state index is -0.429. The molecule has 0 aliphatic heterocycles. The molecule has 1 aromatic rings. The number of hydrogen-bond donors (Lipinski definition) is 1. The van der Waals surface area contributed by atoms with Crippen LogP contribution in [0.4, 0.5) is 5.69 Å². The van der Waals surface area contributed by atoms with E-state index >= 15 is 0 Å². The Bertz CT molecular complexity index is 262. The number of hydrogen-bond acceptors (Lipinski definition) is 2. The third-order valence-electron chi connectivity index (χ3n) is 2.12. The van der Waals surface area contributed by atoms with Crippen LogP contribution in [0.2, 0.25) is 0 Å². The summed E-state index contributed by atoms with van der Waals surface area (Å²) in [5.74, 6) is 0. The highest BCUT2D eigenvalue weighted by atomic mass is 16.5. The van der Waals surface area contributed by atoms with E-state index in [1.807, 2.05) is 19.1 Å². The van der Waals surface area contributed by atoms with Crippen molar-refractivity contribution in [3.63, 3.8) is 0 Å². The van der Waals surface area contributed by atoms with Crippen LogP contribution in [0.5, 0.6) is 0 Å². The molecule has 1 unspecified atom stereocenters. The normalized spacial score (nSPS) is 12.8. The molecule has 0 aromatic heterocycles. The van der Waals surface area contributed by atoms with E-state index in [4.69, 9.17) is 10.5 Å². The topological polar surface area (TPSA) is 55.1 Å². The van der Waals surface area contributed by atoms with Crippen LogP contribution in [0.1, 0.15) is 17.2 Å². The summed E-state index contributed by atoms with van der Waals surface area (Å²) in [6, 6.07) is 5.57. The summed E-state index contributed by atoms with van der Waals surface area (Å²) in [6.45, 7) is 1.62. The van der Waals surface area contributed by atoms with Gasteiger partial charge in [-0.1, -0.05) is 12.1 Å². The minimum absolute atomic E-state index is 0.300. The zero-order valence-electron chi connectivity index (χ0n) is 7.91. The molecule has 1 aromatic carbocycles. The molecule has 0 aliphatic carbocycles. The van der Waals surface area contributed by atoms with Crippen molar-refractivity contribution in [3.8, 4) is 0 Å². The highest BCUT2D eigenvalue weighted by Gasteiger charge is 2.14. The van der Waals surface area contributed by atoms with Gasteiger partial charge in [-0.05, 0) is 18.6 Å². The first kappa shape index (κ1) is 10.0. The highest BCUT2D eigenvalue weighted by Crippen LogP contribution is 2.25. The fraction of sp³-hybridized carbons (Fsp3) is 0.400. The lowest BCUT2D eigenvalue weighted by Gasteiger charge is -2.16. The second-order valence-corrected chi connectivity index (χ2v) is 2.97. The molecule has 0 spiro atoms. The molecule has 0 saturated carbocycles. The van der Waals surface area contributed by atoms with Crippen LogP contribution in [0.3, 0.4) is 0 Å². The standard InChI is InChI=1S/C10H14NO2/c1-7-4-3-5-8(11)10(7)9(6-12)13-2/h3-5,9H,6,11H2,1-2H3. The van der Waals surface area contributed by atoms with Gasteiger partial charge in [0.2, 0.25) is 0 Å². The Morgan fingerprint density at radius 1 is 1.54 bits per heavy atom. The van der Waals surface area contributed by atoms with Crippen LogP contribution in [0.15, 0.2) is 18.2 Å². The molecular formula is C10H14NO2. The number of methoxy groups -OCH3 is 1. The molecular weight excluding hydrogens is 166 g/mol. The van der Waals surface area contributed by atoms with Gasteiger partial charge in [0.15, 0.2) is 0 Å². The zero-order chi connectivity index (χ0) is 9.84. The van der Waals surface area contributed by atoms with Crippen molar-refractivity contribution in [3.05, 3.63) is 29.3 Å². The Kier molecular flexibility index (Phi) is 3.28. The predicted octanol–water partition coefficient (Wildman–Crippen LogP) is 1.70. The van der Waals surface area contributed by atoms with Gasteiger partial charge in [0.25, 0.3) is 0 Å². The maximum Gasteiger partial charge on any atom is 0.113 e. The van der Waals surface area contributed by atoms with Crippen LogP contribution in [-0.4, -0.2) is 13.7 Å². The maximum absolute atomic E-state index is 10.8. The lowest BCUT2D eigenvalue weighted by atomic mass is 10.0. The molecule has 1 rings (SSSR count). The molecule has 0 aliphatic rings. The zero-order valence-corrected chi connectivity index (χ0v) is 7.91. The van der Waals surface area contributed by atoms with Gasteiger partial charge in [-0.3, -0.25) is 0 Å². The van der Waals surface area contributed by atoms with Gasteiger partial charge in [-0.2, -0.15) is 0 Å². The Labute approximate surface area is 78.1 Å². The fourth-order valence-corrected chi connectivity index (χ4v) is 1.41. The molecule has 0 heterocycles. The van der Waals surface area contributed by atoms with Crippen LogP contribution < -0.4 is 5.73 Å². The van der Waals surface area contributed by atoms with Crippen molar-refractivity contribution in [1.82, 2.24) is 0 Å². The summed E-state index contributed by atoms with van der Waals surface area (Å²) in [5.41, 5.74) is 8.20. The van der Waals surface area contributed by atoms with Gasteiger partial charge < -0.3 is 10.5 Å². The van der Waals surface area contributed by atoms with E-state index in [0.29, 0.717) is 5.69 Å². The molecule has 1 radical (unpaired) electrons. The molecule has 13 heavy (non-hydrogen) atoms. The third kappa shape index (κ3) is 1.99. The van der Waals surface area contributed by atoms with Crippen LogP contribution >= 0.6 is 0 Å². The van der Waals surface area contributed by atoms with Crippen LogP contribution in [-0.2, 0) is 9.84 Å². The highest BCUT2D eigenvalue weighted by molar-refractivity contribution is 5.51. The van der Waals surface area contributed by atoms with E-state index in [1.54, 1.807) is 6.07 Å². The van der Waals surface area contributed by atoms with E-state index in [2.05, 4.69) is 0 Å². The summed E-state index contributed by atoms with van der Waals surface area (Å²) in [5, 5.41) is 10.8. The summed E-state index contributed by atoms with van der Waals surface area (Å²) in [7, 11) is 1.52. The third-order valence-corrected chi connectivity index (χ3v) is 2.12. The average Bonchev–Trinajstić information content (AvgIpc) is 2.11. The Balaban J connectivity index is 3.10. The van der Waals surface area contributed by atoms with Crippen molar-refractivity contribution >= 4 is 5.69 Å². The van der Waals surface area contributed by atoms with Crippen LogP contribution in [0.25, 0.3) is 0 Å². The number of anilines is 1. The van der Waals surface area contributed by atoms with Gasteiger partial charge >= 0.3 is 0 Å². The van der Waals surface area contributed by atoms with E-state index in [-0.39, 0.29) is 6.61 Å². The number of benzene rings is 1. The van der Waals surface area contributed by atoms with Gasteiger partial charge in [0.05, 0.1) is 0 Å². The Morgan fingerprint density at radius 2 is 2.23 bits per heavy atom.